The van der Waals surface area contributed by atoms with E-state index in [0.29, 0.717) is 22.9 Å². The van der Waals surface area contributed by atoms with Crippen LogP contribution in [-0.2, 0) is 11.2 Å². The van der Waals surface area contributed by atoms with Crippen LogP contribution < -0.4 is 5.32 Å². The molecule has 0 radical (unpaired) electrons. The molecule has 0 saturated heterocycles. The summed E-state index contributed by atoms with van der Waals surface area (Å²) in [6.45, 7) is 3.82. The molecule has 5 aromatic rings. The SMILES string of the molecule is CC(C)C(Cc1nnc2cc(-c3ccc(Nc4nc5ccc(Cl)cc5s4)cc3)ccn12)C(=O)O. The molecule has 0 fully saturated rings. The van der Waals surface area contributed by atoms with Crippen molar-refractivity contribution in [3.05, 3.63) is 71.6 Å². The summed E-state index contributed by atoms with van der Waals surface area (Å²) in [6, 6.07) is 17.7. The molecule has 5 rings (SSSR count). The lowest BCUT2D eigenvalue weighted by molar-refractivity contribution is -0.143. The highest BCUT2D eigenvalue weighted by atomic mass is 35.5. The lowest BCUT2D eigenvalue weighted by Crippen LogP contribution is -2.23. The zero-order chi connectivity index (χ0) is 23.8. The summed E-state index contributed by atoms with van der Waals surface area (Å²) in [4.78, 5) is 16.2. The Morgan fingerprint density at radius 3 is 2.62 bits per heavy atom. The van der Waals surface area contributed by atoms with Crippen molar-refractivity contribution in [1.29, 1.82) is 0 Å². The highest BCUT2D eigenvalue weighted by Gasteiger charge is 2.24. The van der Waals surface area contributed by atoms with Gasteiger partial charge < -0.3 is 10.4 Å². The maximum Gasteiger partial charge on any atom is 0.307 e. The van der Waals surface area contributed by atoms with Crippen molar-refractivity contribution in [2.45, 2.75) is 20.3 Å². The minimum absolute atomic E-state index is 0.0109. The van der Waals surface area contributed by atoms with Crippen molar-refractivity contribution in [1.82, 2.24) is 19.6 Å². The van der Waals surface area contributed by atoms with Gasteiger partial charge in [-0.1, -0.05) is 48.9 Å². The van der Waals surface area contributed by atoms with Crippen molar-refractivity contribution < 1.29 is 9.90 Å². The zero-order valence-electron chi connectivity index (χ0n) is 18.6. The summed E-state index contributed by atoms with van der Waals surface area (Å²) in [6.07, 6.45) is 2.24. The van der Waals surface area contributed by atoms with Crippen LogP contribution in [0.25, 0.3) is 27.0 Å². The number of aromatic nitrogens is 4. The Hall–Kier alpha value is -3.49. The van der Waals surface area contributed by atoms with Crippen molar-refractivity contribution in [3.8, 4) is 11.1 Å². The molecule has 0 saturated carbocycles. The second-order valence-corrected chi connectivity index (χ2v) is 9.95. The highest BCUT2D eigenvalue weighted by molar-refractivity contribution is 7.22. The summed E-state index contributed by atoms with van der Waals surface area (Å²) in [5.41, 5.74) is 4.59. The molecular weight excluding hydrogens is 470 g/mol. The topological polar surface area (TPSA) is 92.4 Å². The summed E-state index contributed by atoms with van der Waals surface area (Å²) in [5, 5.41) is 22.9. The molecule has 3 aromatic heterocycles. The third kappa shape index (κ3) is 4.47. The number of nitrogens with one attached hydrogen (secondary N) is 1. The van der Waals surface area contributed by atoms with Gasteiger partial charge in [0, 0.05) is 23.3 Å². The van der Waals surface area contributed by atoms with Gasteiger partial charge in [-0.25, -0.2) is 4.98 Å². The van der Waals surface area contributed by atoms with Gasteiger partial charge in [-0.05, 0) is 59.5 Å². The zero-order valence-corrected chi connectivity index (χ0v) is 20.1. The molecule has 0 aliphatic rings. The van der Waals surface area contributed by atoms with Crippen LogP contribution >= 0.6 is 22.9 Å². The molecule has 0 amide bonds. The summed E-state index contributed by atoms with van der Waals surface area (Å²) >= 11 is 7.63. The number of thiazole rings is 1. The first kappa shape index (κ1) is 22.3. The van der Waals surface area contributed by atoms with Gasteiger partial charge in [-0.3, -0.25) is 9.20 Å². The molecule has 0 aliphatic heterocycles. The number of carboxylic acid groups (broad SMARTS) is 1. The normalized spacial score (nSPS) is 12.5. The van der Waals surface area contributed by atoms with Gasteiger partial charge in [0.05, 0.1) is 16.1 Å². The van der Waals surface area contributed by atoms with Crippen molar-refractivity contribution in [3.63, 3.8) is 0 Å². The molecule has 172 valence electrons. The molecule has 2 N–H and O–H groups in total. The molecule has 1 atom stereocenters. The number of anilines is 2. The van der Waals surface area contributed by atoms with E-state index in [9.17, 15) is 9.90 Å². The first-order valence-corrected chi connectivity index (χ1v) is 12.1. The van der Waals surface area contributed by atoms with Crippen LogP contribution in [0.1, 0.15) is 19.7 Å². The highest BCUT2D eigenvalue weighted by Crippen LogP contribution is 2.31. The second kappa shape index (κ2) is 9.04. The Morgan fingerprint density at radius 2 is 1.88 bits per heavy atom. The lowest BCUT2D eigenvalue weighted by Gasteiger charge is -2.14. The number of carbonyl (C=O) groups is 1. The quantitative estimate of drug-likeness (QED) is 0.277. The van der Waals surface area contributed by atoms with Crippen molar-refractivity contribution in [2.75, 3.05) is 5.32 Å². The van der Waals surface area contributed by atoms with Gasteiger partial charge >= 0.3 is 5.97 Å². The smallest absolute Gasteiger partial charge is 0.307 e. The first-order valence-electron chi connectivity index (χ1n) is 10.9. The maximum absolute atomic E-state index is 11.6. The van der Waals surface area contributed by atoms with E-state index in [0.717, 1.165) is 32.2 Å². The number of nitrogens with zero attached hydrogens (tertiary/aromatic N) is 4. The van der Waals surface area contributed by atoms with E-state index in [1.54, 1.807) is 11.3 Å². The summed E-state index contributed by atoms with van der Waals surface area (Å²) < 4.78 is 2.90. The number of hydrogen-bond donors (Lipinski definition) is 2. The average molecular weight is 492 g/mol. The number of hydrogen-bond acceptors (Lipinski definition) is 6. The van der Waals surface area contributed by atoms with Crippen LogP contribution in [-0.4, -0.2) is 30.7 Å². The van der Waals surface area contributed by atoms with E-state index in [1.807, 2.05) is 79.0 Å². The molecule has 7 nitrogen and oxygen atoms in total. The molecule has 9 heteroatoms. The number of aliphatic carboxylic acids is 1. The van der Waals surface area contributed by atoms with Gasteiger partial charge in [-0.15, -0.1) is 10.2 Å². The second-order valence-electron chi connectivity index (χ2n) is 8.49. The molecule has 34 heavy (non-hydrogen) atoms. The third-order valence-corrected chi connectivity index (χ3v) is 6.99. The molecule has 0 spiro atoms. The monoisotopic (exact) mass is 491 g/mol. The van der Waals surface area contributed by atoms with Crippen molar-refractivity contribution in [2.24, 2.45) is 11.8 Å². The molecule has 0 aliphatic carbocycles. The number of pyridine rings is 1. The average Bonchev–Trinajstić information content (AvgIpc) is 3.39. The van der Waals surface area contributed by atoms with Crippen LogP contribution in [0.5, 0.6) is 0 Å². The van der Waals surface area contributed by atoms with Gasteiger partial charge in [0.15, 0.2) is 10.8 Å². The standard InChI is InChI=1S/C25H22ClN5O2S/c1-14(2)19(24(32)33)13-23-30-29-22-11-16(9-10-31(22)23)15-3-6-18(7-4-15)27-25-28-20-8-5-17(26)12-21(20)34-25/h3-12,14,19H,13H2,1-2H3,(H,27,28)(H,32,33). The van der Waals surface area contributed by atoms with Gasteiger partial charge in [-0.2, -0.15) is 0 Å². The fourth-order valence-electron chi connectivity index (χ4n) is 3.89. The molecule has 2 aromatic carbocycles. The van der Waals surface area contributed by atoms with Crippen LogP contribution in [0.2, 0.25) is 5.02 Å². The Bertz CT molecular complexity index is 1490. The largest absolute Gasteiger partial charge is 0.481 e. The molecule has 3 heterocycles. The number of carboxylic acids is 1. The van der Waals surface area contributed by atoms with Gasteiger partial charge in [0.2, 0.25) is 0 Å². The molecule has 0 bridgehead atoms. The Balaban J connectivity index is 1.34. The fourth-order valence-corrected chi connectivity index (χ4v) is 5.05. The minimum Gasteiger partial charge on any atom is -0.481 e. The van der Waals surface area contributed by atoms with E-state index < -0.39 is 11.9 Å². The number of fused-ring (bicyclic) bond motifs is 2. The molecule has 1 unspecified atom stereocenters. The van der Waals surface area contributed by atoms with Crippen LogP contribution in [0.3, 0.4) is 0 Å². The summed E-state index contributed by atoms with van der Waals surface area (Å²) in [7, 11) is 0. The predicted octanol–water partition coefficient (Wildman–Crippen LogP) is 6.30. The molecular formula is C25H22ClN5O2S. The van der Waals surface area contributed by atoms with E-state index >= 15 is 0 Å². The van der Waals surface area contributed by atoms with Crippen LogP contribution in [0, 0.1) is 11.8 Å². The van der Waals surface area contributed by atoms with Gasteiger partial charge in [0.1, 0.15) is 5.82 Å². The van der Waals surface area contributed by atoms with E-state index in [2.05, 4.69) is 20.5 Å². The van der Waals surface area contributed by atoms with E-state index in [4.69, 9.17) is 11.6 Å². The minimum atomic E-state index is -0.813. The summed E-state index contributed by atoms with van der Waals surface area (Å²) in [5.74, 6) is -0.651. The number of halogens is 1. The van der Waals surface area contributed by atoms with E-state index in [1.165, 1.54) is 0 Å². The fraction of sp³-hybridized carbons (Fsp3) is 0.200. The maximum atomic E-state index is 11.6. The first-order chi connectivity index (χ1) is 16.4. The Kier molecular flexibility index (Phi) is 5.93. The number of benzene rings is 2. The van der Waals surface area contributed by atoms with Crippen LogP contribution in [0.4, 0.5) is 10.8 Å². The Morgan fingerprint density at radius 1 is 1.09 bits per heavy atom. The number of rotatable bonds is 7. The Labute approximate surface area is 205 Å². The van der Waals surface area contributed by atoms with Crippen LogP contribution in [0.15, 0.2) is 60.8 Å². The van der Waals surface area contributed by atoms with Gasteiger partial charge in [0.25, 0.3) is 0 Å². The predicted molar refractivity (Wildman–Crippen MR) is 136 cm³/mol. The van der Waals surface area contributed by atoms with Crippen molar-refractivity contribution >= 4 is 55.6 Å². The van der Waals surface area contributed by atoms with E-state index in [-0.39, 0.29) is 5.92 Å². The third-order valence-electron chi connectivity index (χ3n) is 5.82. The lowest BCUT2D eigenvalue weighted by atomic mass is 9.92.